The van der Waals surface area contributed by atoms with Crippen LogP contribution in [0.3, 0.4) is 0 Å². The number of nitrogens with one attached hydrogen (secondary N) is 1. The van der Waals surface area contributed by atoms with Crippen LogP contribution < -0.4 is 14.8 Å². The lowest BCUT2D eigenvalue weighted by Crippen LogP contribution is -2.22. The molecule has 0 saturated carbocycles. The van der Waals surface area contributed by atoms with Crippen molar-refractivity contribution < 1.29 is 14.3 Å². The van der Waals surface area contributed by atoms with Crippen LogP contribution >= 0.6 is 0 Å². The average molecular weight is 209 g/mol. The summed E-state index contributed by atoms with van der Waals surface area (Å²) in [6, 6.07) is 6.96. The number of carbonyl (C=O) groups excluding carboxylic acids is 1. The van der Waals surface area contributed by atoms with Crippen LogP contribution in [0.15, 0.2) is 24.3 Å². The van der Waals surface area contributed by atoms with E-state index in [9.17, 15) is 4.79 Å². The topological polar surface area (TPSA) is 47.6 Å². The van der Waals surface area contributed by atoms with Gasteiger partial charge in [0.1, 0.15) is 11.5 Å². The minimum absolute atomic E-state index is 0.0975. The molecule has 0 aliphatic heterocycles. The van der Waals surface area contributed by atoms with Gasteiger partial charge in [0.2, 0.25) is 0 Å². The Balaban J connectivity index is 2.69. The SMILES string of the molecule is CNC(=O)Oc1cccc(OC(C)C)c1. The lowest BCUT2D eigenvalue weighted by molar-refractivity contribution is 0.202. The molecule has 82 valence electrons. The van der Waals surface area contributed by atoms with Crippen LogP contribution in [-0.4, -0.2) is 19.2 Å². The monoisotopic (exact) mass is 209 g/mol. The molecule has 0 aliphatic carbocycles. The molecular formula is C11H15NO3. The van der Waals surface area contributed by atoms with Crippen molar-refractivity contribution in [2.45, 2.75) is 20.0 Å². The van der Waals surface area contributed by atoms with Gasteiger partial charge in [-0.1, -0.05) is 6.07 Å². The molecule has 4 nitrogen and oxygen atoms in total. The van der Waals surface area contributed by atoms with Crippen LogP contribution in [-0.2, 0) is 0 Å². The summed E-state index contributed by atoms with van der Waals surface area (Å²) in [6.07, 6.45) is -0.392. The highest BCUT2D eigenvalue weighted by molar-refractivity contribution is 5.70. The van der Waals surface area contributed by atoms with Gasteiger partial charge in [-0.25, -0.2) is 4.79 Å². The molecule has 0 aliphatic rings. The molecule has 1 amide bonds. The lowest BCUT2D eigenvalue weighted by Gasteiger charge is -2.10. The second-order valence-corrected chi connectivity index (χ2v) is 3.28. The maximum Gasteiger partial charge on any atom is 0.412 e. The summed E-state index contributed by atoms with van der Waals surface area (Å²) in [6.45, 7) is 3.87. The fraction of sp³-hybridized carbons (Fsp3) is 0.364. The van der Waals surface area contributed by atoms with E-state index in [1.807, 2.05) is 19.9 Å². The first kappa shape index (κ1) is 11.4. The lowest BCUT2D eigenvalue weighted by atomic mass is 10.3. The van der Waals surface area contributed by atoms with Crippen LogP contribution in [0.4, 0.5) is 4.79 Å². The summed E-state index contributed by atoms with van der Waals surface area (Å²) < 4.78 is 10.4. The summed E-state index contributed by atoms with van der Waals surface area (Å²) in [4.78, 5) is 10.9. The summed E-state index contributed by atoms with van der Waals surface area (Å²) >= 11 is 0. The number of amides is 1. The van der Waals surface area contributed by atoms with E-state index in [4.69, 9.17) is 9.47 Å². The Bertz CT molecular complexity index is 336. The van der Waals surface area contributed by atoms with Crippen LogP contribution in [0.2, 0.25) is 0 Å². The number of carbonyl (C=O) groups is 1. The van der Waals surface area contributed by atoms with Crippen LogP contribution in [0.1, 0.15) is 13.8 Å². The van der Waals surface area contributed by atoms with Crippen molar-refractivity contribution in [3.63, 3.8) is 0 Å². The van der Waals surface area contributed by atoms with E-state index in [0.29, 0.717) is 11.5 Å². The number of ether oxygens (including phenoxy) is 2. The van der Waals surface area contributed by atoms with Gasteiger partial charge in [-0.15, -0.1) is 0 Å². The molecule has 4 heteroatoms. The van der Waals surface area contributed by atoms with Gasteiger partial charge >= 0.3 is 6.09 Å². The van der Waals surface area contributed by atoms with Gasteiger partial charge < -0.3 is 14.8 Å². The number of rotatable bonds is 3. The molecule has 0 saturated heterocycles. The van der Waals surface area contributed by atoms with E-state index in [0.717, 1.165) is 0 Å². The second kappa shape index (κ2) is 5.24. The summed E-state index contributed by atoms with van der Waals surface area (Å²) in [5.41, 5.74) is 0. The first-order valence-corrected chi connectivity index (χ1v) is 4.78. The van der Waals surface area contributed by atoms with Crippen molar-refractivity contribution >= 4 is 6.09 Å². The highest BCUT2D eigenvalue weighted by atomic mass is 16.6. The van der Waals surface area contributed by atoms with Gasteiger partial charge in [0, 0.05) is 13.1 Å². The largest absolute Gasteiger partial charge is 0.491 e. The molecule has 1 N–H and O–H groups in total. The summed E-state index contributed by atoms with van der Waals surface area (Å²) in [7, 11) is 1.51. The maximum absolute atomic E-state index is 10.9. The molecule has 0 radical (unpaired) electrons. The van der Waals surface area contributed by atoms with Crippen molar-refractivity contribution in [3.05, 3.63) is 24.3 Å². The molecule has 1 aromatic rings. The zero-order chi connectivity index (χ0) is 11.3. The molecule has 1 aromatic carbocycles. The number of hydrogen-bond donors (Lipinski definition) is 1. The van der Waals surface area contributed by atoms with E-state index in [1.54, 1.807) is 18.2 Å². The summed E-state index contributed by atoms with van der Waals surface area (Å²) in [5, 5.41) is 2.37. The molecular weight excluding hydrogens is 194 g/mol. The fourth-order valence-electron chi connectivity index (χ4n) is 1.04. The quantitative estimate of drug-likeness (QED) is 0.830. The van der Waals surface area contributed by atoms with Crippen LogP contribution in [0, 0.1) is 0 Å². The second-order valence-electron chi connectivity index (χ2n) is 3.28. The Labute approximate surface area is 89.2 Å². The maximum atomic E-state index is 10.9. The van der Waals surface area contributed by atoms with Gasteiger partial charge in [0.15, 0.2) is 0 Å². The van der Waals surface area contributed by atoms with Crippen molar-refractivity contribution in [3.8, 4) is 11.5 Å². The van der Waals surface area contributed by atoms with Crippen LogP contribution in [0.5, 0.6) is 11.5 Å². The third-order valence-electron chi connectivity index (χ3n) is 1.59. The zero-order valence-corrected chi connectivity index (χ0v) is 9.11. The predicted octanol–water partition coefficient (Wildman–Crippen LogP) is 2.19. The van der Waals surface area contributed by atoms with Crippen molar-refractivity contribution in [1.29, 1.82) is 0 Å². The first-order chi connectivity index (χ1) is 7.11. The van der Waals surface area contributed by atoms with Crippen molar-refractivity contribution in [2.75, 3.05) is 7.05 Å². The molecule has 0 atom stereocenters. The standard InChI is InChI=1S/C11H15NO3/c1-8(2)14-9-5-4-6-10(7-9)15-11(13)12-3/h4-8H,1-3H3,(H,12,13). The normalized spacial score (nSPS) is 9.87. The Morgan fingerprint density at radius 2 is 2.00 bits per heavy atom. The van der Waals surface area contributed by atoms with E-state index < -0.39 is 6.09 Å². The highest BCUT2D eigenvalue weighted by Gasteiger charge is 2.03. The predicted molar refractivity (Wildman–Crippen MR) is 57.3 cm³/mol. The Kier molecular flexibility index (Phi) is 3.97. The molecule has 0 spiro atoms. The molecule has 0 bridgehead atoms. The number of benzene rings is 1. The molecule has 0 heterocycles. The van der Waals surface area contributed by atoms with Gasteiger partial charge in [-0.2, -0.15) is 0 Å². The van der Waals surface area contributed by atoms with Crippen LogP contribution in [0.25, 0.3) is 0 Å². The third kappa shape index (κ3) is 3.89. The minimum Gasteiger partial charge on any atom is -0.491 e. The fourth-order valence-corrected chi connectivity index (χ4v) is 1.04. The van der Waals surface area contributed by atoms with E-state index in [1.165, 1.54) is 7.05 Å². The first-order valence-electron chi connectivity index (χ1n) is 4.78. The zero-order valence-electron chi connectivity index (χ0n) is 9.11. The van der Waals surface area contributed by atoms with E-state index >= 15 is 0 Å². The van der Waals surface area contributed by atoms with E-state index in [-0.39, 0.29) is 6.10 Å². The highest BCUT2D eigenvalue weighted by Crippen LogP contribution is 2.20. The summed E-state index contributed by atoms with van der Waals surface area (Å²) in [5.74, 6) is 1.15. The average Bonchev–Trinajstić information content (AvgIpc) is 2.17. The Hall–Kier alpha value is -1.71. The van der Waals surface area contributed by atoms with Crippen molar-refractivity contribution in [1.82, 2.24) is 5.32 Å². The van der Waals surface area contributed by atoms with Gasteiger partial charge in [0.05, 0.1) is 6.10 Å². The van der Waals surface area contributed by atoms with E-state index in [2.05, 4.69) is 5.32 Å². The van der Waals surface area contributed by atoms with Crippen molar-refractivity contribution in [2.24, 2.45) is 0 Å². The van der Waals surface area contributed by atoms with Gasteiger partial charge in [-0.05, 0) is 26.0 Å². The van der Waals surface area contributed by atoms with Gasteiger partial charge in [-0.3, -0.25) is 0 Å². The molecule has 15 heavy (non-hydrogen) atoms. The smallest absolute Gasteiger partial charge is 0.412 e. The Morgan fingerprint density at radius 3 is 2.60 bits per heavy atom. The third-order valence-corrected chi connectivity index (χ3v) is 1.59. The Morgan fingerprint density at radius 1 is 1.33 bits per heavy atom. The number of hydrogen-bond acceptors (Lipinski definition) is 3. The molecule has 1 rings (SSSR count). The molecule has 0 fully saturated rings. The minimum atomic E-state index is -0.489. The molecule has 0 aromatic heterocycles. The van der Waals surface area contributed by atoms with Gasteiger partial charge in [0.25, 0.3) is 0 Å². The molecule has 0 unspecified atom stereocenters.